The molecule has 0 aliphatic carbocycles. The van der Waals surface area contributed by atoms with Crippen molar-refractivity contribution in [2.45, 2.75) is 19.4 Å². The zero-order valence-electron chi connectivity index (χ0n) is 12.6. The van der Waals surface area contributed by atoms with Crippen molar-refractivity contribution in [1.82, 2.24) is 19.9 Å². The summed E-state index contributed by atoms with van der Waals surface area (Å²) in [7, 11) is 3.06. The lowest BCUT2D eigenvalue weighted by molar-refractivity contribution is -0.127. The molecule has 7 heteroatoms. The van der Waals surface area contributed by atoms with Crippen LogP contribution in [0.1, 0.15) is 11.5 Å². The number of likely N-dealkylation sites (N-methyl/N-ethyl adjacent to an activating group) is 2. The first-order valence-electron chi connectivity index (χ1n) is 6.92. The van der Waals surface area contributed by atoms with Crippen LogP contribution in [0.3, 0.4) is 0 Å². The Kier molecular flexibility index (Phi) is 3.40. The van der Waals surface area contributed by atoms with Crippen molar-refractivity contribution in [1.29, 1.82) is 0 Å². The second kappa shape index (κ2) is 5.25. The van der Waals surface area contributed by atoms with Gasteiger partial charge in [0.2, 0.25) is 11.7 Å². The van der Waals surface area contributed by atoms with E-state index in [0.29, 0.717) is 11.7 Å². The molecule has 22 heavy (non-hydrogen) atoms. The van der Waals surface area contributed by atoms with Crippen molar-refractivity contribution in [2.75, 3.05) is 14.1 Å². The van der Waals surface area contributed by atoms with Crippen LogP contribution in [-0.2, 0) is 11.2 Å². The number of aromatic nitrogens is 2. The number of benzene rings is 1. The van der Waals surface area contributed by atoms with E-state index in [9.17, 15) is 9.59 Å². The Morgan fingerprint density at radius 1 is 1.23 bits per heavy atom. The van der Waals surface area contributed by atoms with Crippen LogP contribution in [0.4, 0.5) is 4.79 Å². The Balaban J connectivity index is 1.82. The van der Waals surface area contributed by atoms with E-state index >= 15 is 0 Å². The number of aryl methyl sites for hydroxylation is 1. The summed E-state index contributed by atoms with van der Waals surface area (Å²) in [5.41, 5.74) is 1.93. The van der Waals surface area contributed by atoms with Gasteiger partial charge in [-0.15, -0.1) is 0 Å². The van der Waals surface area contributed by atoms with Gasteiger partial charge in [-0.2, -0.15) is 4.98 Å². The van der Waals surface area contributed by atoms with Crippen LogP contribution in [0.15, 0.2) is 28.8 Å². The maximum absolute atomic E-state index is 12.0. The maximum atomic E-state index is 12.0. The van der Waals surface area contributed by atoms with Crippen LogP contribution in [0.25, 0.3) is 11.4 Å². The van der Waals surface area contributed by atoms with E-state index < -0.39 is 6.04 Å². The number of nitrogens with zero attached hydrogens (tertiary/aromatic N) is 4. The van der Waals surface area contributed by atoms with Gasteiger partial charge in [0.25, 0.3) is 5.91 Å². The van der Waals surface area contributed by atoms with Crippen LogP contribution in [-0.4, -0.2) is 52.0 Å². The molecule has 1 atom stereocenters. The number of carbonyl (C=O) groups excluding carboxylic acids is 2. The van der Waals surface area contributed by atoms with E-state index in [0.717, 1.165) is 16.0 Å². The van der Waals surface area contributed by atoms with Crippen molar-refractivity contribution in [3.05, 3.63) is 35.7 Å². The Hall–Kier alpha value is -2.70. The summed E-state index contributed by atoms with van der Waals surface area (Å²) >= 11 is 0. The largest absolute Gasteiger partial charge is 0.339 e. The lowest BCUT2D eigenvalue weighted by Gasteiger charge is -2.13. The van der Waals surface area contributed by atoms with E-state index in [4.69, 9.17) is 4.52 Å². The summed E-state index contributed by atoms with van der Waals surface area (Å²) in [4.78, 5) is 30.6. The van der Waals surface area contributed by atoms with Gasteiger partial charge in [-0.3, -0.25) is 9.69 Å². The number of imide groups is 1. The van der Waals surface area contributed by atoms with Gasteiger partial charge in [-0.25, -0.2) is 4.79 Å². The summed E-state index contributed by atoms with van der Waals surface area (Å²) < 4.78 is 5.23. The first-order chi connectivity index (χ1) is 10.5. The topological polar surface area (TPSA) is 79.5 Å². The van der Waals surface area contributed by atoms with Crippen molar-refractivity contribution in [3.63, 3.8) is 0 Å². The molecule has 1 aliphatic rings. The summed E-state index contributed by atoms with van der Waals surface area (Å²) in [6.07, 6.45) is 0.213. The first-order valence-corrected chi connectivity index (χ1v) is 6.92. The molecule has 0 unspecified atom stereocenters. The fourth-order valence-corrected chi connectivity index (χ4v) is 2.51. The van der Waals surface area contributed by atoms with Crippen LogP contribution < -0.4 is 0 Å². The molecular weight excluding hydrogens is 284 g/mol. The third-order valence-corrected chi connectivity index (χ3v) is 3.89. The van der Waals surface area contributed by atoms with Crippen LogP contribution in [0, 0.1) is 6.92 Å². The minimum absolute atomic E-state index is 0.213. The highest BCUT2D eigenvalue weighted by Crippen LogP contribution is 2.22. The highest BCUT2D eigenvalue weighted by Gasteiger charge is 2.41. The van der Waals surface area contributed by atoms with Gasteiger partial charge in [0, 0.05) is 19.7 Å². The van der Waals surface area contributed by atoms with Gasteiger partial charge in [-0.05, 0) is 12.5 Å². The molecule has 0 radical (unpaired) electrons. The SMILES string of the molecule is Cc1ccccc1-c1noc(C[C@H]2C(=O)N(C)C(=O)N2C)n1. The smallest absolute Gasteiger partial charge is 0.326 e. The fraction of sp³-hybridized carbons (Fsp3) is 0.333. The molecule has 1 saturated heterocycles. The lowest BCUT2D eigenvalue weighted by Crippen LogP contribution is -2.33. The highest BCUT2D eigenvalue weighted by molar-refractivity contribution is 6.03. The van der Waals surface area contributed by atoms with Gasteiger partial charge in [0.1, 0.15) is 6.04 Å². The summed E-state index contributed by atoms with van der Waals surface area (Å²) in [6, 6.07) is 6.80. The molecule has 2 aromatic rings. The molecule has 114 valence electrons. The molecule has 7 nitrogen and oxygen atoms in total. The third-order valence-electron chi connectivity index (χ3n) is 3.89. The third kappa shape index (κ3) is 2.24. The molecule has 2 heterocycles. The molecule has 0 spiro atoms. The van der Waals surface area contributed by atoms with Gasteiger partial charge >= 0.3 is 6.03 Å². The Morgan fingerprint density at radius 2 is 1.95 bits per heavy atom. The first kappa shape index (κ1) is 14.2. The number of amides is 3. The second-order valence-corrected chi connectivity index (χ2v) is 5.34. The lowest BCUT2D eigenvalue weighted by atomic mass is 10.1. The van der Waals surface area contributed by atoms with Gasteiger partial charge in [0.15, 0.2) is 0 Å². The predicted octanol–water partition coefficient (Wildman–Crippen LogP) is 1.48. The molecule has 1 fully saturated rings. The quantitative estimate of drug-likeness (QED) is 0.802. The number of hydrogen-bond donors (Lipinski definition) is 0. The average Bonchev–Trinajstić information content (AvgIpc) is 3.04. The van der Waals surface area contributed by atoms with Gasteiger partial charge < -0.3 is 9.42 Å². The monoisotopic (exact) mass is 300 g/mol. The number of carbonyl (C=O) groups is 2. The summed E-state index contributed by atoms with van der Waals surface area (Å²) in [6.45, 7) is 1.97. The molecule has 1 aromatic carbocycles. The molecule has 3 rings (SSSR count). The zero-order valence-corrected chi connectivity index (χ0v) is 12.6. The Labute approximate surface area is 127 Å². The summed E-state index contributed by atoms with van der Waals surface area (Å²) in [5.74, 6) is 0.565. The van der Waals surface area contributed by atoms with Gasteiger partial charge in [-0.1, -0.05) is 29.4 Å². The van der Waals surface area contributed by atoms with Crippen molar-refractivity contribution < 1.29 is 14.1 Å². The number of hydrogen-bond acceptors (Lipinski definition) is 5. The number of urea groups is 1. The molecule has 0 bridgehead atoms. The standard InChI is InChI=1S/C15H16N4O3/c1-9-6-4-5-7-10(9)13-16-12(22-17-13)8-11-14(20)19(3)15(21)18(11)2/h4-7,11H,8H2,1-3H3/t11-/m0/s1. The Bertz CT molecular complexity index is 740. The fourth-order valence-electron chi connectivity index (χ4n) is 2.51. The molecule has 0 saturated carbocycles. The molecule has 1 aliphatic heterocycles. The predicted molar refractivity (Wildman–Crippen MR) is 77.9 cm³/mol. The van der Waals surface area contributed by atoms with E-state index in [2.05, 4.69) is 10.1 Å². The van der Waals surface area contributed by atoms with E-state index in [-0.39, 0.29) is 18.4 Å². The van der Waals surface area contributed by atoms with Crippen molar-refractivity contribution in [2.24, 2.45) is 0 Å². The van der Waals surface area contributed by atoms with Crippen LogP contribution in [0.5, 0.6) is 0 Å². The highest BCUT2D eigenvalue weighted by atomic mass is 16.5. The minimum atomic E-state index is -0.595. The van der Waals surface area contributed by atoms with E-state index in [1.165, 1.54) is 11.9 Å². The molecule has 0 N–H and O–H groups in total. The van der Waals surface area contributed by atoms with E-state index in [1.807, 2.05) is 31.2 Å². The minimum Gasteiger partial charge on any atom is -0.339 e. The van der Waals surface area contributed by atoms with E-state index in [1.54, 1.807) is 7.05 Å². The number of rotatable bonds is 3. The average molecular weight is 300 g/mol. The van der Waals surface area contributed by atoms with Crippen LogP contribution in [0.2, 0.25) is 0 Å². The Morgan fingerprint density at radius 3 is 2.59 bits per heavy atom. The maximum Gasteiger partial charge on any atom is 0.326 e. The zero-order chi connectivity index (χ0) is 15.9. The van der Waals surface area contributed by atoms with Crippen molar-refractivity contribution >= 4 is 11.9 Å². The second-order valence-electron chi connectivity index (χ2n) is 5.34. The molecular formula is C15H16N4O3. The molecule has 1 aromatic heterocycles. The summed E-state index contributed by atoms with van der Waals surface area (Å²) in [5, 5.41) is 3.96. The van der Waals surface area contributed by atoms with Crippen molar-refractivity contribution in [3.8, 4) is 11.4 Å². The normalized spacial score (nSPS) is 18.4. The van der Waals surface area contributed by atoms with Crippen LogP contribution >= 0.6 is 0 Å². The van der Waals surface area contributed by atoms with Gasteiger partial charge in [0.05, 0.1) is 6.42 Å². The molecule has 3 amide bonds.